The van der Waals surface area contributed by atoms with E-state index in [2.05, 4.69) is 36.1 Å². The van der Waals surface area contributed by atoms with Crippen molar-refractivity contribution in [2.75, 3.05) is 11.9 Å². The number of sulfonamides is 1. The summed E-state index contributed by atoms with van der Waals surface area (Å²) < 4.78 is 29.3. The Morgan fingerprint density at radius 3 is 2.70 bits per heavy atom. The molecule has 0 aliphatic carbocycles. The third kappa shape index (κ3) is 6.18. The van der Waals surface area contributed by atoms with Crippen LogP contribution in [0.2, 0.25) is 10.0 Å². The molecule has 0 aliphatic heterocycles. The summed E-state index contributed by atoms with van der Waals surface area (Å²) in [5, 5.41) is 6.15. The molecule has 0 fully saturated rings. The van der Waals surface area contributed by atoms with Crippen molar-refractivity contribution < 1.29 is 13.2 Å². The highest BCUT2D eigenvalue weighted by Crippen LogP contribution is 2.26. The first-order valence-electron chi connectivity index (χ1n) is 9.53. The molecule has 2 heterocycles. The van der Waals surface area contributed by atoms with Crippen LogP contribution < -0.4 is 15.6 Å². The number of pyridine rings is 1. The molecule has 3 rings (SSSR count). The van der Waals surface area contributed by atoms with Gasteiger partial charge in [-0.15, -0.1) is 0 Å². The van der Waals surface area contributed by atoms with E-state index in [0.717, 1.165) is 16.6 Å². The van der Waals surface area contributed by atoms with E-state index < -0.39 is 27.5 Å². The summed E-state index contributed by atoms with van der Waals surface area (Å²) in [5.74, 6) is -0.600. The van der Waals surface area contributed by atoms with E-state index in [0.29, 0.717) is 10.9 Å². The van der Waals surface area contributed by atoms with E-state index >= 15 is 0 Å². The van der Waals surface area contributed by atoms with Gasteiger partial charge in [-0.05, 0) is 53.2 Å². The van der Waals surface area contributed by atoms with Gasteiger partial charge in [-0.3, -0.25) is 14.6 Å². The SMILES string of the molecule is C[C@H](C(=O)Nc1ccc(Br)c(S(=O)(=O)NCCc2ccccn2)c1)n1ncc(Cl)c(Cl)c1=O. The summed E-state index contributed by atoms with van der Waals surface area (Å²) >= 11 is 14.8. The van der Waals surface area contributed by atoms with Crippen LogP contribution in [0.1, 0.15) is 18.7 Å². The standard InChI is InChI=1S/C20H18BrCl2N5O4S/c1-12(28-20(30)18(23)16(22)11-25-28)19(29)27-14-5-6-15(21)17(10-14)33(31,32)26-9-7-13-4-2-3-8-24-13/h2-6,8,10-12,26H,7,9H2,1H3,(H,27,29)/t12-/m1/s1. The molecule has 33 heavy (non-hydrogen) atoms. The van der Waals surface area contributed by atoms with Crippen LogP contribution in [0, 0.1) is 0 Å². The molecule has 0 spiro atoms. The topological polar surface area (TPSA) is 123 Å². The number of anilines is 1. The van der Waals surface area contributed by atoms with Gasteiger partial charge in [0.05, 0.1) is 16.1 Å². The van der Waals surface area contributed by atoms with Gasteiger partial charge in [-0.25, -0.2) is 17.8 Å². The maximum absolute atomic E-state index is 12.8. The van der Waals surface area contributed by atoms with Crippen molar-refractivity contribution in [3.8, 4) is 0 Å². The molecule has 174 valence electrons. The number of nitrogens with zero attached hydrogens (tertiary/aromatic N) is 3. The van der Waals surface area contributed by atoms with Crippen LogP contribution in [0.15, 0.2) is 63.0 Å². The Morgan fingerprint density at radius 1 is 1.24 bits per heavy atom. The average molecular weight is 575 g/mol. The smallest absolute Gasteiger partial charge is 0.287 e. The van der Waals surface area contributed by atoms with Crippen LogP contribution in [-0.2, 0) is 21.2 Å². The lowest BCUT2D eigenvalue weighted by molar-refractivity contribution is -0.119. The molecular weight excluding hydrogens is 557 g/mol. The van der Waals surface area contributed by atoms with Crippen molar-refractivity contribution in [3.05, 3.63) is 79.4 Å². The Morgan fingerprint density at radius 2 is 2.00 bits per heavy atom. The van der Waals surface area contributed by atoms with Crippen LogP contribution >= 0.6 is 39.1 Å². The molecule has 0 bridgehead atoms. The molecule has 0 saturated heterocycles. The molecule has 0 saturated carbocycles. The number of rotatable bonds is 8. The van der Waals surface area contributed by atoms with Crippen LogP contribution in [0.5, 0.6) is 0 Å². The fraction of sp³-hybridized carbons (Fsp3) is 0.200. The summed E-state index contributed by atoms with van der Waals surface area (Å²) in [5.41, 5.74) is 0.247. The number of nitrogens with one attached hydrogen (secondary N) is 2. The third-order valence-corrected chi connectivity index (χ3v) is 7.74. The molecule has 1 aromatic carbocycles. The third-order valence-electron chi connectivity index (χ3n) is 4.53. The highest BCUT2D eigenvalue weighted by atomic mass is 79.9. The Kier molecular flexibility index (Phi) is 8.24. The van der Waals surface area contributed by atoms with Crippen molar-refractivity contribution in [1.29, 1.82) is 0 Å². The number of carbonyl (C=O) groups excluding carboxylic acids is 1. The molecule has 0 aliphatic rings. The maximum Gasteiger partial charge on any atom is 0.287 e. The summed E-state index contributed by atoms with van der Waals surface area (Å²) in [6.45, 7) is 1.59. The summed E-state index contributed by atoms with van der Waals surface area (Å²) in [6.07, 6.45) is 3.21. The summed E-state index contributed by atoms with van der Waals surface area (Å²) in [4.78, 5) is 29.0. The molecule has 0 unspecified atom stereocenters. The van der Waals surface area contributed by atoms with Crippen molar-refractivity contribution in [2.45, 2.75) is 24.3 Å². The van der Waals surface area contributed by atoms with Gasteiger partial charge in [-0.1, -0.05) is 29.3 Å². The number of hydrogen-bond donors (Lipinski definition) is 2. The van der Waals surface area contributed by atoms with E-state index in [1.54, 1.807) is 18.3 Å². The summed E-state index contributed by atoms with van der Waals surface area (Å²) in [6, 6.07) is 8.69. The Balaban J connectivity index is 1.74. The Bertz CT molecular complexity index is 1340. The van der Waals surface area contributed by atoms with E-state index in [9.17, 15) is 18.0 Å². The molecule has 2 N–H and O–H groups in total. The number of aromatic nitrogens is 3. The van der Waals surface area contributed by atoms with E-state index in [4.69, 9.17) is 23.2 Å². The monoisotopic (exact) mass is 573 g/mol. The first-order valence-corrected chi connectivity index (χ1v) is 12.6. The van der Waals surface area contributed by atoms with Gasteiger partial charge in [0.15, 0.2) is 0 Å². The van der Waals surface area contributed by atoms with E-state index in [1.807, 2.05) is 6.07 Å². The number of halogens is 3. The number of benzene rings is 1. The second kappa shape index (κ2) is 10.7. The van der Waals surface area contributed by atoms with Crippen molar-refractivity contribution in [2.24, 2.45) is 0 Å². The van der Waals surface area contributed by atoms with Gasteiger partial charge in [0.25, 0.3) is 5.56 Å². The van der Waals surface area contributed by atoms with Gasteiger partial charge >= 0.3 is 0 Å². The largest absolute Gasteiger partial charge is 0.324 e. The molecular formula is C20H18BrCl2N5O4S. The lowest BCUT2D eigenvalue weighted by Gasteiger charge is -2.15. The minimum absolute atomic E-state index is 0.0242. The fourth-order valence-corrected chi connectivity index (χ4v) is 5.06. The van der Waals surface area contributed by atoms with Gasteiger partial charge in [0.1, 0.15) is 11.1 Å². The molecule has 3 aromatic rings. The first-order chi connectivity index (χ1) is 15.6. The zero-order valence-corrected chi connectivity index (χ0v) is 21.0. The van der Waals surface area contributed by atoms with Gasteiger partial charge in [0, 0.05) is 35.0 Å². The maximum atomic E-state index is 12.8. The molecule has 13 heteroatoms. The zero-order chi connectivity index (χ0) is 24.2. The van der Waals surface area contributed by atoms with Crippen LogP contribution in [0.25, 0.3) is 0 Å². The zero-order valence-electron chi connectivity index (χ0n) is 17.1. The average Bonchev–Trinajstić information content (AvgIpc) is 2.79. The minimum atomic E-state index is -3.88. The highest BCUT2D eigenvalue weighted by molar-refractivity contribution is 9.10. The highest BCUT2D eigenvalue weighted by Gasteiger charge is 2.22. The normalized spacial score (nSPS) is 12.4. The van der Waals surface area contributed by atoms with Gasteiger partial charge < -0.3 is 5.32 Å². The number of amides is 1. The Labute approximate surface area is 208 Å². The predicted molar refractivity (Wildman–Crippen MR) is 129 cm³/mol. The number of carbonyl (C=O) groups is 1. The fourth-order valence-electron chi connectivity index (χ4n) is 2.78. The molecule has 2 aromatic heterocycles. The minimum Gasteiger partial charge on any atom is -0.324 e. The van der Waals surface area contributed by atoms with Crippen LogP contribution in [0.3, 0.4) is 0 Å². The first kappa shape index (κ1) is 25.3. The van der Waals surface area contributed by atoms with Crippen LogP contribution in [-0.4, -0.2) is 35.6 Å². The molecule has 1 amide bonds. The summed E-state index contributed by atoms with van der Waals surface area (Å²) in [7, 11) is -3.88. The van der Waals surface area contributed by atoms with Gasteiger partial charge in [0.2, 0.25) is 15.9 Å². The quantitative estimate of drug-likeness (QED) is 0.425. The molecule has 0 radical (unpaired) electrons. The second-order valence-electron chi connectivity index (χ2n) is 6.84. The Hall–Kier alpha value is -2.31. The second-order valence-corrected chi connectivity index (χ2v) is 10.2. The van der Waals surface area contributed by atoms with E-state index in [1.165, 1.54) is 25.1 Å². The molecule has 9 nitrogen and oxygen atoms in total. The van der Waals surface area contributed by atoms with Crippen molar-refractivity contribution in [1.82, 2.24) is 19.5 Å². The van der Waals surface area contributed by atoms with Crippen molar-refractivity contribution >= 4 is 60.7 Å². The predicted octanol–water partition coefficient (Wildman–Crippen LogP) is 3.43. The van der Waals surface area contributed by atoms with Gasteiger partial charge in [-0.2, -0.15) is 5.10 Å². The van der Waals surface area contributed by atoms with E-state index in [-0.39, 0.29) is 27.2 Å². The number of hydrogen-bond acceptors (Lipinski definition) is 6. The van der Waals surface area contributed by atoms with Crippen LogP contribution in [0.4, 0.5) is 5.69 Å². The van der Waals surface area contributed by atoms with Crippen molar-refractivity contribution in [3.63, 3.8) is 0 Å². The molecule has 1 atom stereocenters. The lowest BCUT2D eigenvalue weighted by Crippen LogP contribution is -2.33. The lowest BCUT2D eigenvalue weighted by atomic mass is 10.2.